The quantitative estimate of drug-likeness (QED) is 0.377. The highest BCUT2D eigenvalue weighted by Crippen LogP contribution is 2.35. The molecule has 1 amide bonds. The number of benzene rings is 3. The van der Waals surface area contributed by atoms with E-state index >= 15 is 0 Å². The van der Waals surface area contributed by atoms with Crippen molar-refractivity contribution in [1.82, 2.24) is 9.97 Å². The topological polar surface area (TPSA) is 57.8 Å². The summed E-state index contributed by atoms with van der Waals surface area (Å²) in [7, 11) is 0. The minimum Gasteiger partial charge on any atom is -0.379 e. The highest BCUT2D eigenvalue weighted by molar-refractivity contribution is 7.98. The highest BCUT2D eigenvalue weighted by atomic mass is 32.2. The Morgan fingerprint density at radius 3 is 2.76 bits per heavy atom. The number of hydrogen-bond donors (Lipinski definition) is 2. The maximum Gasteiger partial charge on any atom is 0.347 e. The first kappa shape index (κ1) is 21.7. The molecule has 2 N–H and O–H groups in total. The molecule has 0 spiro atoms. The van der Waals surface area contributed by atoms with Crippen LogP contribution in [-0.4, -0.2) is 45.0 Å². The molecule has 5 rings (SSSR count). The zero-order chi connectivity index (χ0) is 22.7. The van der Waals surface area contributed by atoms with Crippen LogP contribution in [0.4, 0.5) is 5.69 Å². The van der Waals surface area contributed by atoms with E-state index < -0.39 is 0 Å². The first-order chi connectivity index (χ1) is 16.2. The Bertz CT molecular complexity index is 1250. The number of para-hydroxylation sites is 1. The van der Waals surface area contributed by atoms with Crippen LogP contribution < -0.4 is 5.32 Å². The lowest BCUT2D eigenvalue weighted by molar-refractivity contribution is -0.898. The summed E-state index contributed by atoms with van der Waals surface area (Å²) in [5.74, 6) is 1.18. The van der Waals surface area contributed by atoms with Crippen LogP contribution in [0, 0.1) is 0 Å². The normalized spacial score (nSPS) is 20.1. The second-order valence-electron chi connectivity index (χ2n) is 8.73. The van der Waals surface area contributed by atoms with Gasteiger partial charge < -0.3 is 10.3 Å². The van der Waals surface area contributed by atoms with Crippen molar-refractivity contribution in [3.63, 3.8) is 0 Å². The number of carbonyl (C=O) groups excluding carboxylic acids is 1. The average Bonchev–Trinajstić information content (AvgIpc) is 3.30. The van der Waals surface area contributed by atoms with Gasteiger partial charge >= 0.3 is 5.91 Å². The number of hydrogen-bond acceptors (Lipinski definition) is 4. The Labute approximate surface area is 198 Å². The zero-order valence-corrected chi connectivity index (χ0v) is 19.6. The van der Waals surface area contributed by atoms with E-state index in [0.29, 0.717) is 17.6 Å². The molecule has 0 fully saturated rings. The fraction of sp³-hybridized carbons (Fsp3) is 0.259. The Morgan fingerprint density at radius 2 is 1.91 bits per heavy atom. The molecular weight excluding hydrogens is 428 g/mol. The van der Waals surface area contributed by atoms with Crippen molar-refractivity contribution in [3.05, 3.63) is 96.1 Å². The van der Waals surface area contributed by atoms with Crippen LogP contribution in [0.15, 0.2) is 79.3 Å². The molecular formula is C27H29N4OS+. The molecule has 33 heavy (non-hydrogen) atoms. The third-order valence-electron chi connectivity index (χ3n) is 6.78. The summed E-state index contributed by atoms with van der Waals surface area (Å²) in [5, 5.41) is 5.77. The van der Waals surface area contributed by atoms with Gasteiger partial charge in [-0.15, -0.1) is 0 Å². The summed E-state index contributed by atoms with van der Waals surface area (Å²) in [4.78, 5) is 22.2. The fourth-order valence-corrected chi connectivity index (χ4v) is 5.60. The molecule has 5 nitrogen and oxygen atoms in total. The Hall–Kier alpha value is -3.09. The van der Waals surface area contributed by atoms with Crippen LogP contribution >= 0.6 is 11.8 Å². The molecule has 2 unspecified atom stereocenters. The molecule has 168 valence electrons. The number of H-pyrrole nitrogens is 1. The second-order valence-corrected chi connectivity index (χ2v) is 9.72. The Balaban J connectivity index is 1.70. The number of thioether (sulfide) groups is 1. The van der Waals surface area contributed by atoms with Gasteiger partial charge in [0.25, 0.3) is 0 Å². The molecule has 6 heteroatoms. The van der Waals surface area contributed by atoms with Crippen molar-refractivity contribution in [2.45, 2.75) is 25.6 Å². The molecule has 1 aromatic heterocycles. The lowest BCUT2D eigenvalue weighted by Gasteiger charge is -2.41. The van der Waals surface area contributed by atoms with E-state index in [1.807, 2.05) is 42.2 Å². The summed E-state index contributed by atoms with van der Waals surface area (Å²) in [6.45, 7) is 1.97. The summed E-state index contributed by atoms with van der Waals surface area (Å²) in [5.41, 5.74) is 4.08. The number of amides is 1. The van der Waals surface area contributed by atoms with Gasteiger partial charge in [-0.3, -0.25) is 0 Å². The highest BCUT2D eigenvalue weighted by Gasteiger charge is 2.47. The van der Waals surface area contributed by atoms with Crippen LogP contribution in [0.25, 0.3) is 10.8 Å². The largest absolute Gasteiger partial charge is 0.379 e. The molecule has 0 aliphatic carbocycles. The maximum atomic E-state index is 14.7. The molecule has 4 aromatic rings. The van der Waals surface area contributed by atoms with Gasteiger partial charge in [0.05, 0.1) is 30.3 Å². The average molecular weight is 458 g/mol. The van der Waals surface area contributed by atoms with Gasteiger partial charge in [0.15, 0.2) is 0 Å². The number of imidazole rings is 1. The number of fused-ring (bicyclic) bond motifs is 2. The molecule has 0 radical (unpaired) electrons. The smallest absolute Gasteiger partial charge is 0.347 e. The number of aromatic nitrogens is 2. The van der Waals surface area contributed by atoms with Crippen molar-refractivity contribution >= 4 is 34.1 Å². The van der Waals surface area contributed by atoms with Crippen molar-refractivity contribution in [2.24, 2.45) is 0 Å². The van der Waals surface area contributed by atoms with Gasteiger partial charge in [0.1, 0.15) is 19.1 Å². The van der Waals surface area contributed by atoms with E-state index in [-0.39, 0.29) is 11.9 Å². The van der Waals surface area contributed by atoms with E-state index in [2.05, 4.69) is 64.0 Å². The molecule has 0 saturated carbocycles. The SMILES string of the molecule is CSCCC1CNc2ccccc2C[N+]1(Cc1cnc[nH]1)C(=O)c1cccc2ccccc12. The number of rotatable bonds is 6. The van der Waals surface area contributed by atoms with Gasteiger partial charge in [0.2, 0.25) is 0 Å². The molecule has 3 aromatic carbocycles. The number of quaternary nitrogens is 1. The number of anilines is 1. The minimum atomic E-state index is 0.125. The third kappa shape index (κ3) is 4.16. The molecule has 0 bridgehead atoms. The lowest BCUT2D eigenvalue weighted by atomic mass is 9.98. The fourth-order valence-electron chi connectivity index (χ4n) is 5.09. The van der Waals surface area contributed by atoms with Gasteiger partial charge in [-0.1, -0.05) is 54.6 Å². The number of nitrogens with one attached hydrogen (secondary N) is 2. The molecule has 2 atom stereocenters. The standard InChI is InChI=1S/C27H29N4OS/c1-33-14-13-23-16-29-26-12-5-3-8-21(26)17-31(23,18-22-15-28-19-30-22)27(32)25-11-6-9-20-7-2-4-10-24(20)25/h2-12,15,19,23,29H,13-14,16-18H2,1H3,(H,28,30)/q+1. The summed E-state index contributed by atoms with van der Waals surface area (Å²) >= 11 is 1.84. The van der Waals surface area contributed by atoms with E-state index in [1.54, 1.807) is 6.33 Å². The molecule has 1 aliphatic rings. The van der Waals surface area contributed by atoms with Crippen molar-refractivity contribution in [3.8, 4) is 0 Å². The van der Waals surface area contributed by atoms with Crippen molar-refractivity contribution in [2.75, 3.05) is 23.9 Å². The monoisotopic (exact) mass is 457 g/mol. The van der Waals surface area contributed by atoms with Crippen molar-refractivity contribution < 1.29 is 9.28 Å². The van der Waals surface area contributed by atoms with Crippen LogP contribution in [-0.2, 0) is 13.1 Å². The lowest BCUT2D eigenvalue weighted by Crippen LogP contribution is -2.59. The van der Waals surface area contributed by atoms with Gasteiger partial charge in [-0.2, -0.15) is 11.8 Å². The summed E-state index contributed by atoms with van der Waals surface area (Å²) in [6.07, 6.45) is 6.64. The maximum absolute atomic E-state index is 14.7. The molecule has 2 heterocycles. The Kier molecular flexibility index (Phi) is 6.20. The van der Waals surface area contributed by atoms with E-state index in [4.69, 9.17) is 0 Å². The third-order valence-corrected chi connectivity index (χ3v) is 7.43. The van der Waals surface area contributed by atoms with E-state index in [0.717, 1.165) is 46.4 Å². The van der Waals surface area contributed by atoms with Crippen LogP contribution in [0.5, 0.6) is 0 Å². The zero-order valence-electron chi connectivity index (χ0n) is 18.8. The molecule has 0 saturated heterocycles. The second kappa shape index (κ2) is 9.41. The van der Waals surface area contributed by atoms with Crippen molar-refractivity contribution in [1.29, 1.82) is 0 Å². The predicted molar refractivity (Wildman–Crippen MR) is 136 cm³/mol. The first-order valence-electron chi connectivity index (χ1n) is 11.4. The van der Waals surface area contributed by atoms with Crippen LogP contribution in [0.1, 0.15) is 28.0 Å². The first-order valence-corrected chi connectivity index (χ1v) is 12.8. The summed E-state index contributed by atoms with van der Waals surface area (Å²) < 4.78 is 0.334. The summed E-state index contributed by atoms with van der Waals surface area (Å²) in [6, 6.07) is 22.8. The van der Waals surface area contributed by atoms with E-state index in [1.165, 1.54) is 5.56 Å². The van der Waals surface area contributed by atoms with Crippen LogP contribution in [0.3, 0.4) is 0 Å². The number of carbonyl (C=O) groups is 1. The van der Waals surface area contributed by atoms with Gasteiger partial charge in [-0.25, -0.2) is 14.3 Å². The van der Waals surface area contributed by atoms with Gasteiger partial charge in [-0.05, 0) is 34.9 Å². The minimum absolute atomic E-state index is 0.125. The number of aromatic amines is 1. The predicted octanol–water partition coefficient (Wildman–Crippen LogP) is 5.47. The van der Waals surface area contributed by atoms with Gasteiger partial charge in [0, 0.05) is 17.7 Å². The van der Waals surface area contributed by atoms with E-state index in [9.17, 15) is 4.79 Å². The molecule has 1 aliphatic heterocycles. The Morgan fingerprint density at radius 1 is 1.09 bits per heavy atom. The van der Waals surface area contributed by atoms with Crippen LogP contribution in [0.2, 0.25) is 0 Å². The number of nitrogens with zero attached hydrogens (tertiary/aromatic N) is 2.